The molecule has 0 saturated heterocycles. The Bertz CT molecular complexity index is 355. The highest BCUT2D eigenvalue weighted by Crippen LogP contribution is 2.55. The highest BCUT2D eigenvalue weighted by molar-refractivity contribution is 5.59. The molecule has 1 aliphatic carbocycles. The topological polar surface area (TPSA) is 12.0 Å². The van der Waals surface area contributed by atoms with Crippen LogP contribution in [0.1, 0.15) is 24.8 Å². The van der Waals surface area contributed by atoms with Crippen LogP contribution >= 0.6 is 0 Å². The van der Waals surface area contributed by atoms with Gasteiger partial charge in [-0.15, -0.1) is 0 Å². The van der Waals surface area contributed by atoms with Gasteiger partial charge < -0.3 is 5.32 Å². The van der Waals surface area contributed by atoms with Crippen LogP contribution in [0.5, 0.6) is 0 Å². The Balaban J connectivity index is 2.16. The quantitative estimate of drug-likeness (QED) is 0.642. The number of benzene rings is 1. The first-order valence-electron chi connectivity index (χ1n) is 4.84. The molecule has 1 aromatic rings. The maximum atomic E-state index is 13.0. The van der Waals surface area contributed by atoms with E-state index in [0.29, 0.717) is 5.41 Å². The van der Waals surface area contributed by atoms with E-state index in [9.17, 15) is 4.39 Å². The first-order chi connectivity index (χ1) is 6.30. The van der Waals surface area contributed by atoms with Gasteiger partial charge in [-0.3, -0.25) is 0 Å². The average Bonchev–Trinajstić information content (AvgIpc) is 2.88. The molecule has 0 bridgehead atoms. The van der Waals surface area contributed by atoms with Crippen LogP contribution in [0.2, 0.25) is 0 Å². The third-order valence-electron chi connectivity index (χ3n) is 3.33. The second-order valence-corrected chi connectivity index (χ2v) is 4.15. The van der Waals surface area contributed by atoms with E-state index in [0.717, 1.165) is 12.2 Å². The lowest BCUT2D eigenvalue weighted by Gasteiger charge is -2.26. The van der Waals surface area contributed by atoms with Crippen molar-refractivity contribution in [3.8, 4) is 0 Å². The monoisotopic (exact) mass is 177 g/mol. The molecule has 68 valence electrons. The van der Waals surface area contributed by atoms with Gasteiger partial charge in [0.25, 0.3) is 0 Å². The van der Waals surface area contributed by atoms with E-state index in [1.165, 1.54) is 30.9 Å². The van der Waals surface area contributed by atoms with Gasteiger partial charge in [-0.05, 0) is 48.4 Å². The molecule has 0 atom stereocenters. The number of halogens is 1. The number of anilines is 1. The molecule has 13 heavy (non-hydrogen) atoms. The van der Waals surface area contributed by atoms with Crippen LogP contribution in [0.4, 0.5) is 10.1 Å². The summed E-state index contributed by atoms with van der Waals surface area (Å²) in [6, 6.07) is 5.10. The van der Waals surface area contributed by atoms with E-state index in [2.05, 4.69) is 5.32 Å². The fraction of sp³-hybridized carbons (Fsp3) is 0.455. The van der Waals surface area contributed by atoms with Gasteiger partial charge in [0, 0.05) is 12.2 Å². The zero-order valence-corrected chi connectivity index (χ0v) is 7.44. The summed E-state index contributed by atoms with van der Waals surface area (Å²) in [6.45, 7) is 1.04. The van der Waals surface area contributed by atoms with E-state index in [-0.39, 0.29) is 5.82 Å². The Morgan fingerprint density at radius 3 is 2.85 bits per heavy atom. The second kappa shape index (κ2) is 2.25. The van der Waals surface area contributed by atoms with Crippen molar-refractivity contribution in [3.63, 3.8) is 0 Å². The Morgan fingerprint density at radius 2 is 2.08 bits per heavy atom. The molecule has 2 heteroatoms. The number of fused-ring (bicyclic) bond motifs is 2. The van der Waals surface area contributed by atoms with Crippen LogP contribution in [0.25, 0.3) is 0 Å². The van der Waals surface area contributed by atoms with Gasteiger partial charge in [0.05, 0.1) is 0 Å². The van der Waals surface area contributed by atoms with Crippen LogP contribution < -0.4 is 5.32 Å². The van der Waals surface area contributed by atoms with E-state index in [1.807, 2.05) is 6.07 Å². The predicted octanol–water partition coefficient (Wildman–Crippen LogP) is 2.67. The highest BCUT2D eigenvalue weighted by Gasteiger charge is 2.46. The summed E-state index contributed by atoms with van der Waals surface area (Å²) in [7, 11) is 0. The molecule has 0 unspecified atom stereocenters. The molecular formula is C11H12FN. The molecule has 1 fully saturated rings. The molecule has 0 aromatic heterocycles. The lowest BCUT2D eigenvalue weighted by Crippen LogP contribution is -2.21. The Hall–Kier alpha value is -1.05. The maximum absolute atomic E-state index is 13.0. The van der Waals surface area contributed by atoms with Crippen molar-refractivity contribution in [1.29, 1.82) is 0 Å². The Labute approximate surface area is 77.0 Å². The van der Waals surface area contributed by atoms with E-state index < -0.39 is 0 Å². The minimum absolute atomic E-state index is 0.103. The van der Waals surface area contributed by atoms with Crippen LogP contribution in [0.3, 0.4) is 0 Å². The van der Waals surface area contributed by atoms with Gasteiger partial charge in [0.1, 0.15) is 5.82 Å². The summed E-state index contributed by atoms with van der Waals surface area (Å²) in [5, 5.41) is 3.32. The maximum Gasteiger partial charge on any atom is 0.123 e. The summed E-state index contributed by atoms with van der Waals surface area (Å²) in [4.78, 5) is 0. The van der Waals surface area contributed by atoms with E-state index in [1.54, 1.807) is 6.07 Å². The van der Waals surface area contributed by atoms with Crippen molar-refractivity contribution in [2.24, 2.45) is 0 Å². The molecule has 1 spiro atoms. The summed E-state index contributed by atoms with van der Waals surface area (Å²) in [6.07, 6.45) is 3.65. The molecule has 1 nitrogen and oxygen atoms in total. The predicted molar refractivity (Wildman–Crippen MR) is 50.4 cm³/mol. The minimum atomic E-state index is -0.103. The number of nitrogens with one attached hydrogen (secondary N) is 1. The molecule has 1 N–H and O–H groups in total. The van der Waals surface area contributed by atoms with Crippen molar-refractivity contribution >= 4 is 5.69 Å². The zero-order chi connectivity index (χ0) is 8.89. The molecule has 0 amide bonds. The Kier molecular flexibility index (Phi) is 1.27. The lowest BCUT2D eigenvalue weighted by molar-refractivity contribution is 0.593. The van der Waals surface area contributed by atoms with Crippen LogP contribution in [-0.2, 0) is 5.41 Å². The van der Waals surface area contributed by atoms with Gasteiger partial charge in [0.2, 0.25) is 0 Å². The number of hydrogen-bond acceptors (Lipinski definition) is 1. The Morgan fingerprint density at radius 1 is 1.23 bits per heavy atom. The standard InChI is InChI=1S/C11H12FN/c12-8-1-2-10-9(7-8)11(3-4-11)5-6-13-10/h1-2,7,13H,3-6H2. The third-order valence-corrected chi connectivity index (χ3v) is 3.33. The normalized spacial score (nSPS) is 22.2. The molecule has 1 heterocycles. The molecule has 1 saturated carbocycles. The van der Waals surface area contributed by atoms with E-state index >= 15 is 0 Å². The van der Waals surface area contributed by atoms with Crippen molar-refractivity contribution < 1.29 is 4.39 Å². The van der Waals surface area contributed by atoms with Crippen molar-refractivity contribution in [3.05, 3.63) is 29.6 Å². The van der Waals surface area contributed by atoms with Crippen LogP contribution in [0, 0.1) is 5.82 Å². The van der Waals surface area contributed by atoms with Crippen molar-refractivity contribution in [2.75, 3.05) is 11.9 Å². The fourth-order valence-electron chi connectivity index (χ4n) is 2.35. The number of rotatable bonds is 0. The summed E-state index contributed by atoms with van der Waals surface area (Å²) in [5.74, 6) is -0.103. The fourth-order valence-corrected chi connectivity index (χ4v) is 2.35. The SMILES string of the molecule is Fc1ccc2c(c1)C1(CCN2)CC1. The summed E-state index contributed by atoms with van der Waals surface area (Å²) < 4.78 is 13.0. The van der Waals surface area contributed by atoms with Crippen LogP contribution in [0.15, 0.2) is 18.2 Å². The van der Waals surface area contributed by atoms with Gasteiger partial charge in [-0.1, -0.05) is 0 Å². The molecular weight excluding hydrogens is 165 g/mol. The summed E-state index contributed by atoms with van der Waals surface area (Å²) in [5.41, 5.74) is 2.70. The van der Waals surface area contributed by atoms with Gasteiger partial charge >= 0.3 is 0 Å². The first kappa shape index (κ1) is 7.36. The smallest absolute Gasteiger partial charge is 0.123 e. The molecule has 1 aromatic carbocycles. The number of hydrogen-bond donors (Lipinski definition) is 1. The highest BCUT2D eigenvalue weighted by atomic mass is 19.1. The second-order valence-electron chi connectivity index (χ2n) is 4.15. The van der Waals surface area contributed by atoms with Gasteiger partial charge in [-0.25, -0.2) is 4.39 Å². The van der Waals surface area contributed by atoms with Crippen LogP contribution in [-0.4, -0.2) is 6.54 Å². The van der Waals surface area contributed by atoms with Crippen molar-refractivity contribution in [2.45, 2.75) is 24.7 Å². The average molecular weight is 177 g/mol. The molecule has 2 aliphatic rings. The minimum Gasteiger partial charge on any atom is -0.385 e. The molecule has 0 radical (unpaired) electrons. The summed E-state index contributed by atoms with van der Waals surface area (Å²) >= 11 is 0. The molecule has 1 aliphatic heterocycles. The van der Waals surface area contributed by atoms with Gasteiger partial charge in [-0.2, -0.15) is 0 Å². The molecule has 3 rings (SSSR count). The lowest BCUT2D eigenvalue weighted by atomic mass is 9.88. The van der Waals surface area contributed by atoms with Gasteiger partial charge in [0.15, 0.2) is 0 Å². The largest absolute Gasteiger partial charge is 0.385 e. The third kappa shape index (κ3) is 0.978. The van der Waals surface area contributed by atoms with Crippen molar-refractivity contribution in [1.82, 2.24) is 0 Å². The zero-order valence-electron chi connectivity index (χ0n) is 7.44. The van der Waals surface area contributed by atoms with E-state index in [4.69, 9.17) is 0 Å². The first-order valence-corrected chi connectivity index (χ1v) is 4.84.